The summed E-state index contributed by atoms with van der Waals surface area (Å²) in [5.74, 6) is 0. The van der Waals surface area contributed by atoms with Crippen molar-refractivity contribution in [3.8, 4) is 0 Å². The smallest absolute Gasteiger partial charge is 0.434 e. The molecular weight excluding hydrogens is 353 g/mol. The zero-order valence-corrected chi connectivity index (χ0v) is 14.9. The zero-order chi connectivity index (χ0) is 19.5. The Kier molecular flexibility index (Phi) is 5.94. The SMILES string of the molecule is CC(C)(C)OC(=O)N1CCN[C@H](CCc2nc(C(F)(F)F)c[nH]c2=O)C1. The highest BCUT2D eigenvalue weighted by atomic mass is 19.4. The van der Waals surface area contributed by atoms with Crippen molar-refractivity contribution in [2.45, 2.75) is 51.4 Å². The van der Waals surface area contributed by atoms with Crippen LogP contribution in [0, 0.1) is 0 Å². The quantitative estimate of drug-likeness (QED) is 0.842. The van der Waals surface area contributed by atoms with E-state index in [1.807, 2.05) is 0 Å². The number of nitrogens with zero attached hydrogens (tertiary/aromatic N) is 2. The van der Waals surface area contributed by atoms with Gasteiger partial charge in [0.2, 0.25) is 0 Å². The molecule has 1 aliphatic rings. The molecule has 1 aromatic rings. The topological polar surface area (TPSA) is 87.3 Å². The molecule has 1 fully saturated rings. The minimum Gasteiger partial charge on any atom is -0.444 e. The number of rotatable bonds is 3. The van der Waals surface area contributed by atoms with Gasteiger partial charge in [0, 0.05) is 31.9 Å². The van der Waals surface area contributed by atoms with Crippen LogP contribution in [0.2, 0.25) is 0 Å². The first-order chi connectivity index (χ1) is 12.0. The van der Waals surface area contributed by atoms with E-state index in [1.54, 1.807) is 25.7 Å². The Labute approximate surface area is 148 Å². The van der Waals surface area contributed by atoms with E-state index in [1.165, 1.54) is 0 Å². The van der Waals surface area contributed by atoms with Crippen molar-refractivity contribution in [1.29, 1.82) is 0 Å². The third-order valence-corrected chi connectivity index (χ3v) is 3.78. The highest BCUT2D eigenvalue weighted by Crippen LogP contribution is 2.26. The van der Waals surface area contributed by atoms with Crippen LogP contribution in [0.4, 0.5) is 18.0 Å². The number of ether oxygens (including phenoxy) is 1. The maximum absolute atomic E-state index is 12.7. The number of carbonyl (C=O) groups excluding carboxylic acids is 1. The Hall–Kier alpha value is -2.10. The maximum atomic E-state index is 12.7. The summed E-state index contributed by atoms with van der Waals surface area (Å²) >= 11 is 0. The lowest BCUT2D eigenvalue weighted by atomic mass is 10.1. The Bertz CT molecular complexity index is 697. The predicted octanol–water partition coefficient (Wildman–Crippen LogP) is 1.93. The van der Waals surface area contributed by atoms with E-state index in [-0.39, 0.29) is 18.2 Å². The van der Waals surface area contributed by atoms with Gasteiger partial charge < -0.3 is 19.9 Å². The molecule has 0 aromatic carbocycles. The Morgan fingerprint density at radius 1 is 1.38 bits per heavy atom. The van der Waals surface area contributed by atoms with Gasteiger partial charge in [0.05, 0.1) is 0 Å². The van der Waals surface area contributed by atoms with E-state index in [0.717, 1.165) is 0 Å². The molecule has 0 bridgehead atoms. The van der Waals surface area contributed by atoms with Crippen LogP contribution >= 0.6 is 0 Å². The van der Waals surface area contributed by atoms with Crippen molar-refractivity contribution in [3.05, 3.63) is 27.9 Å². The van der Waals surface area contributed by atoms with Crippen LogP contribution in [-0.4, -0.2) is 52.2 Å². The van der Waals surface area contributed by atoms with Crippen molar-refractivity contribution >= 4 is 6.09 Å². The van der Waals surface area contributed by atoms with Crippen LogP contribution in [0.3, 0.4) is 0 Å². The number of aryl methyl sites for hydroxylation is 1. The van der Waals surface area contributed by atoms with Gasteiger partial charge in [-0.1, -0.05) is 0 Å². The number of piperazine rings is 1. The number of alkyl halides is 3. The van der Waals surface area contributed by atoms with Gasteiger partial charge in [0.1, 0.15) is 11.3 Å². The second-order valence-corrected chi connectivity index (χ2v) is 7.18. The molecule has 0 aliphatic carbocycles. The first-order valence-electron chi connectivity index (χ1n) is 8.33. The number of H-pyrrole nitrogens is 1. The number of carbonyl (C=O) groups is 1. The van der Waals surface area contributed by atoms with Gasteiger partial charge in [-0.2, -0.15) is 13.2 Å². The molecule has 1 amide bonds. The summed E-state index contributed by atoms with van der Waals surface area (Å²) in [7, 11) is 0. The molecule has 1 aromatic heterocycles. The number of hydrogen-bond acceptors (Lipinski definition) is 5. The van der Waals surface area contributed by atoms with Gasteiger partial charge in [-0.05, 0) is 33.6 Å². The van der Waals surface area contributed by atoms with E-state index in [2.05, 4.69) is 15.3 Å². The summed E-state index contributed by atoms with van der Waals surface area (Å²) in [6.07, 6.45) is -4.04. The first-order valence-corrected chi connectivity index (χ1v) is 8.33. The number of aromatic amines is 1. The van der Waals surface area contributed by atoms with E-state index in [0.29, 0.717) is 32.3 Å². The summed E-state index contributed by atoms with van der Waals surface area (Å²) in [6, 6.07) is -0.160. The van der Waals surface area contributed by atoms with Crippen LogP contribution in [-0.2, 0) is 17.3 Å². The van der Waals surface area contributed by atoms with E-state index in [4.69, 9.17) is 4.74 Å². The molecule has 2 N–H and O–H groups in total. The van der Waals surface area contributed by atoms with Gasteiger partial charge in [0.25, 0.3) is 5.56 Å². The van der Waals surface area contributed by atoms with Crippen molar-refractivity contribution in [2.75, 3.05) is 19.6 Å². The average molecular weight is 376 g/mol. The molecule has 2 heterocycles. The number of nitrogens with one attached hydrogen (secondary N) is 2. The summed E-state index contributed by atoms with van der Waals surface area (Å²) in [5, 5.41) is 3.19. The van der Waals surface area contributed by atoms with Crippen molar-refractivity contribution in [1.82, 2.24) is 20.2 Å². The van der Waals surface area contributed by atoms with Crippen LogP contribution in [0.15, 0.2) is 11.0 Å². The van der Waals surface area contributed by atoms with Gasteiger partial charge in [-0.15, -0.1) is 0 Å². The van der Waals surface area contributed by atoms with Gasteiger partial charge in [0.15, 0.2) is 5.69 Å². The Morgan fingerprint density at radius 3 is 2.69 bits per heavy atom. The average Bonchev–Trinajstić information content (AvgIpc) is 2.51. The Balaban J connectivity index is 1.97. The second-order valence-electron chi connectivity index (χ2n) is 7.18. The highest BCUT2D eigenvalue weighted by Gasteiger charge is 2.33. The fraction of sp³-hybridized carbons (Fsp3) is 0.688. The van der Waals surface area contributed by atoms with Crippen molar-refractivity contribution in [2.24, 2.45) is 0 Å². The minimum absolute atomic E-state index is 0.0685. The van der Waals surface area contributed by atoms with Crippen LogP contribution in [0.25, 0.3) is 0 Å². The van der Waals surface area contributed by atoms with Crippen LogP contribution < -0.4 is 10.9 Å². The third-order valence-electron chi connectivity index (χ3n) is 3.78. The van der Waals surface area contributed by atoms with Gasteiger partial charge in [-0.25, -0.2) is 9.78 Å². The zero-order valence-electron chi connectivity index (χ0n) is 14.9. The van der Waals surface area contributed by atoms with Crippen molar-refractivity contribution in [3.63, 3.8) is 0 Å². The first kappa shape index (κ1) is 20.2. The molecule has 1 atom stereocenters. The molecule has 1 saturated heterocycles. The van der Waals surface area contributed by atoms with Crippen LogP contribution in [0.5, 0.6) is 0 Å². The number of hydrogen-bond donors (Lipinski definition) is 2. The summed E-state index contributed by atoms with van der Waals surface area (Å²) in [5.41, 5.74) is -2.54. The molecule has 7 nitrogen and oxygen atoms in total. The van der Waals surface area contributed by atoms with Crippen molar-refractivity contribution < 1.29 is 22.7 Å². The largest absolute Gasteiger partial charge is 0.444 e. The summed E-state index contributed by atoms with van der Waals surface area (Å²) in [4.78, 5) is 30.9. The fourth-order valence-electron chi connectivity index (χ4n) is 2.58. The summed E-state index contributed by atoms with van der Waals surface area (Å²) in [6.45, 7) is 6.69. The number of halogens is 3. The lowest BCUT2D eigenvalue weighted by molar-refractivity contribution is -0.141. The predicted molar refractivity (Wildman–Crippen MR) is 87.8 cm³/mol. The van der Waals surface area contributed by atoms with E-state index < -0.39 is 29.1 Å². The molecule has 0 radical (unpaired) electrons. The molecule has 2 rings (SSSR count). The molecule has 0 unspecified atom stereocenters. The molecule has 26 heavy (non-hydrogen) atoms. The lowest BCUT2D eigenvalue weighted by Crippen LogP contribution is -2.53. The normalized spacial score (nSPS) is 18.7. The molecular formula is C16H23F3N4O3. The standard InChI is InChI=1S/C16H23F3N4O3/c1-15(2,3)26-14(25)23-7-6-20-10(9-23)4-5-11-13(24)21-8-12(22-11)16(17,18)19/h8,10,20H,4-7,9H2,1-3H3,(H,21,24)/t10-/m1/s1. The van der Waals surface area contributed by atoms with Gasteiger partial charge in [-0.3, -0.25) is 4.79 Å². The molecule has 10 heteroatoms. The molecule has 0 spiro atoms. The fourth-order valence-corrected chi connectivity index (χ4v) is 2.58. The number of aromatic nitrogens is 2. The molecule has 0 saturated carbocycles. The lowest BCUT2D eigenvalue weighted by Gasteiger charge is -2.34. The summed E-state index contributed by atoms with van der Waals surface area (Å²) < 4.78 is 43.5. The van der Waals surface area contributed by atoms with E-state index in [9.17, 15) is 22.8 Å². The minimum atomic E-state index is -4.62. The third kappa shape index (κ3) is 5.72. The molecule has 146 valence electrons. The van der Waals surface area contributed by atoms with E-state index >= 15 is 0 Å². The second kappa shape index (κ2) is 7.65. The van der Waals surface area contributed by atoms with Crippen LogP contribution in [0.1, 0.15) is 38.6 Å². The highest BCUT2D eigenvalue weighted by molar-refractivity contribution is 5.68. The maximum Gasteiger partial charge on any atom is 0.434 e. The Morgan fingerprint density at radius 2 is 2.08 bits per heavy atom. The molecule has 1 aliphatic heterocycles. The number of amides is 1. The monoisotopic (exact) mass is 376 g/mol. The van der Waals surface area contributed by atoms with Gasteiger partial charge >= 0.3 is 12.3 Å².